The number of amides is 1. The summed E-state index contributed by atoms with van der Waals surface area (Å²) in [5.41, 5.74) is 4.17. The highest BCUT2D eigenvalue weighted by atomic mass is 32.1. The summed E-state index contributed by atoms with van der Waals surface area (Å²) >= 11 is 1.43. The van der Waals surface area contributed by atoms with Gasteiger partial charge in [0.15, 0.2) is 0 Å². The van der Waals surface area contributed by atoms with Crippen molar-refractivity contribution in [3.05, 3.63) is 111 Å². The molecule has 1 aliphatic carbocycles. The zero-order valence-corrected chi connectivity index (χ0v) is 16.9. The van der Waals surface area contributed by atoms with Gasteiger partial charge in [-0.1, -0.05) is 60.7 Å². The van der Waals surface area contributed by atoms with E-state index in [2.05, 4.69) is 11.1 Å². The first-order valence-electron chi connectivity index (χ1n) is 9.79. The number of thiazole rings is 1. The molecular weight excluding hydrogens is 392 g/mol. The molecule has 1 aromatic heterocycles. The van der Waals surface area contributed by atoms with Crippen molar-refractivity contribution >= 4 is 23.2 Å². The molecule has 1 aliphatic rings. The molecule has 30 heavy (non-hydrogen) atoms. The Morgan fingerprint density at radius 1 is 0.767 bits per heavy atom. The summed E-state index contributed by atoms with van der Waals surface area (Å²) in [6.45, 7) is 0. The molecule has 0 bridgehead atoms. The molecule has 0 saturated heterocycles. The van der Waals surface area contributed by atoms with Gasteiger partial charge in [-0.3, -0.25) is 14.2 Å². The molecule has 1 heterocycles. The van der Waals surface area contributed by atoms with Crippen LogP contribution in [-0.4, -0.2) is 16.4 Å². The average Bonchev–Trinajstić information content (AvgIpc) is 3.18. The second-order valence-electron chi connectivity index (χ2n) is 7.10. The van der Waals surface area contributed by atoms with Crippen LogP contribution in [0.2, 0.25) is 0 Å². The third kappa shape index (κ3) is 3.23. The SMILES string of the molecule is O=C(N=c1sc2c(n1C(=O)c1ccccc1)-c1ccccc1CC2)c1ccccc1. The van der Waals surface area contributed by atoms with E-state index in [1.807, 2.05) is 54.6 Å². The minimum Gasteiger partial charge on any atom is -0.268 e. The molecule has 0 N–H and O–H groups in total. The van der Waals surface area contributed by atoms with E-state index < -0.39 is 0 Å². The normalized spacial score (nSPS) is 12.9. The lowest BCUT2D eigenvalue weighted by molar-refractivity contribution is 0.0957. The van der Waals surface area contributed by atoms with Crippen LogP contribution in [0.3, 0.4) is 0 Å². The van der Waals surface area contributed by atoms with E-state index in [9.17, 15) is 9.59 Å². The second kappa shape index (κ2) is 7.69. The molecule has 0 radical (unpaired) electrons. The average molecular weight is 410 g/mol. The standard InChI is InChI=1S/C25H18N2O2S/c28-23(18-10-3-1-4-11-18)26-25-27(24(29)19-12-5-2-6-13-19)22-20-14-8-7-9-17(20)15-16-21(22)30-25/h1-14H,15-16H2. The Hall–Kier alpha value is -3.57. The number of aryl methyl sites for hydroxylation is 2. The van der Waals surface area contributed by atoms with Crippen LogP contribution in [0.15, 0.2) is 89.9 Å². The summed E-state index contributed by atoms with van der Waals surface area (Å²) in [5.74, 6) is -0.526. The van der Waals surface area contributed by atoms with E-state index in [-0.39, 0.29) is 11.8 Å². The van der Waals surface area contributed by atoms with Crippen LogP contribution >= 0.6 is 11.3 Å². The molecule has 4 nitrogen and oxygen atoms in total. The van der Waals surface area contributed by atoms with E-state index in [4.69, 9.17) is 0 Å². The van der Waals surface area contributed by atoms with Gasteiger partial charge in [0.2, 0.25) is 4.80 Å². The monoisotopic (exact) mass is 410 g/mol. The van der Waals surface area contributed by atoms with Gasteiger partial charge in [-0.05, 0) is 42.7 Å². The number of hydrogen-bond donors (Lipinski definition) is 0. The van der Waals surface area contributed by atoms with E-state index in [1.165, 1.54) is 16.9 Å². The van der Waals surface area contributed by atoms with Crippen molar-refractivity contribution < 1.29 is 9.59 Å². The van der Waals surface area contributed by atoms with Gasteiger partial charge < -0.3 is 0 Å². The van der Waals surface area contributed by atoms with Crippen molar-refractivity contribution in [3.63, 3.8) is 0 Å². The van der Waals surface area contributed by atoms with Crippen LogP contribution in [0.1, 0.15) is 31.2 Å². The van der Waals surface area contributed by atoms with Crippen LogP contribution in [-0.2, 0) is 12.8 Å². The zero-order chi connectivity index (χ0) is 20.5. The molecule has 0 aliphatic heterocycles. The maximum atomic E-state index is 13.5. The number of carbonyl (C=O) groups excluding carboxylic acids is 2. The van der Waals surface area contributed by atoms with Gasteiger partial charge in [0.1, 0.15) is 0 Å². The smallest absolute Gasteiger partial charge is 0.268 e. The topological polar surface area (TPSA) is 51.4 Å². The zero-order valence-electron chi connectivity index (χ0n) is 16.1. The van der Waals surface area contributed by atoms with Crippen LogP contribution in [0.4, 0.5) is 0 Å². The predicted octanol–water partition coefficient (Wildman–Crippen LogP) is 4.74. The number of hydrogen-bond acceptors (Lipinski definition) is 3. The molecule has 146 valence electrons. The largest absolute Gasteiger partial charge is 0.279 e. The molecule has 3 aromatic carbocycles. The van der Waals surface area contributed by atoms with Gasteiger partial charge in [-0.2, -0.15) is 4.99 Å². The first kappa shape index (κ1) is 18.5. The Bertz CT molecular complexity index is 1320. The van der Waals surface area contributed by atoms with Gasteiger partial charge in [0.05, 0.1) is 5.69 Å². The summed E-state index contributed by atoms with van der Waals surface area (Å²) in [6.07, 6.45) is 1.74. The quantitative estimate of drug-likeness (QED) is 0.479. The number of nitrogens with zero attached hydrogens (tertiary/aromatic N) is 2. The van der Waals surface area contributed by atoms with Crippen molar-refractivity contribution in [2.24, 2.45) is 4.99 Å². The summed E-state index contributed by atoms with van der Waals surface area (Å²) in [7, 11) is 0. The minimum atomic E-state index is -0.350. The van der Waals surface area contributed by atoms with E-state index >= 15 is 0 Å². The Kier molecular flexibility index (Phi) is 4.73. The Labute approximate surface area is 177 Å². The number of aromatic nitrogens is 1. The molecular formula is C25H18N2O2S. The van der Waals surface area contributed by atoms with Gasteiger partial charge in [-0.25, -0.2) is 0 Å². The highest BCUT2D eigenvalue weighted by molar-refractivity contribution is 7.09. The van der Waals surface area contributed by atoms with Gasteiger partial charge in [-0.15, -0.1) is 11.3 Å². The fraction of sp³-hybridized carbons (Fsp3) is 0.0800. The van der Waals surface area contributed by atoms with Crippen molar-refractivity contribution in [3.8, 4) is 11.3 Å². The molecule has 0 unspecified atom stereocenters. The lowest BCUT2D eigenvalue weighted by atomic mass is 9.93. The summed E-state index contributed by atoms with van der Waals surface area (Å²) in [6, 6.07) is 26.2. The molecule has 0 fully saturated rings. The molecule has 0 spiro atoms. The lowest BCUT2D eigenvalue weighted by Crippen LogP contribution is -2.26. The number of carbonyl (C=O) groups is 2. The number of fused-ring (bicyclic) bond motifs is 3. The third-order valence-corrected chi connectivity index (χ3v) is 6.33. The Morgan fingerprint density at radius 3 is 2.13 bits per heavy atom. The van der Waals surface area contributed by atoms with E-state index in [0.717, 1.165) is 29.0 Å². The van der Waals surface area contributed by atoms with Crippen LogP contribution in [0.5, 0.6) is 0 Å². The van der Waals surface area contributed by atoms with Gasteiger partial charge >= 0.3 is 0 Å². The van der Waals surface area contributed by atoms with Gasteiger partial charge in [0, 0.05) is 21.6 Å². The van der Waals surface area contributed by atoms with Crippen LogP contribution in [0, 0.1) is 0 Å². The highest BCUT2D eigenvalue weighted by Crippen LogP contribution is 2.35. The highest BCUT2D eigenvalue weighted by Gasteiger charge is 2.26. The summed E-state index contributed by atoms with van der Waals surface area (Å²) < 4.78 is 1.62. The maximum absolute atomic E-state index is 13.5. The predicted molar refractivity (Wildman–Crippen MR) is 118 cm³/mol. The summed E-state index contributed by atoms with van der Waals surface area (Å²) in [4.78, 5) is 32.2. The van der Waals surface area contributed by atoms with Crippen molar-refractivity contribution in [2.75, 3.05) is 0 Å². The van der Waals surface area contributed by atoms with Gasteiger partial charge in [0.25, 0.3) is 11.8 Å². The summed E-state index contributed by atoms with van der Waals surface area (Å²) in [5, 5.41) is 0. The molecule has 0 atom stereocenters. The number of rotatable bonds is 2. The Morgan fingerprint density at radius 2 is 1.40 bits per heavy atom. The van der Waals surface area contributed by atoms with Crippen LogP contribution < -0.4 is 4.80 Å². The minimum absolute atomic E-state index is 0.176. The molecule has 5 rings (SSSR count). The maximum Gasteiger partial charge on any atom is 0.279 e. The third-order valence-electron chi connectivity index (χ3n) is 5.23. The van der Waals surface area contributed by atoms with Crippen LogP contribution in [0.25, 0.3) is 11.3 Å². The fourth-order valence-corrected chi connectivity index (χ4v) is 4.90. The Balaban J connectivity index is 1.75. The molecule has 1 amide bonds. The van der Waals surface area contributed by atoms with Crippen molar-refractivity contribution in [2.45, 2.75) is 12.8 Å². The van der Waals surface area contributed by atoms with Crippen molar-refractivity contribution in [1.29, 1.82) is 0 Å². The molecule has 4 aromatic rings. The van der Waals surface area contributed by atoms with Crippen molar-refractivity contribution in [1.82, 2.24) is 4.57 Å². The van der Waals surface area contributed by atoms with E-state index in [1.54, 1.807) is 28.8 Å². The van der Waals surface area contributed by atoms with E-state index in [0.29, 0.717) is 15.9 Å². The number of benzene rings is 3. The molecule has 0 saturated carbocycles. The second-order valence-corrected chi connectivity index (χ2v) is 8.17. The first-order valence-corrected chi connectivity index (χ1v) is 10.6. The first-order chi connectivity index (χ1) is 14.7. The lowest BCUT2D eigenvalue weighted by Gasteiger charge is -2.18. The molecule has 5 heteroatoms. The fourth-order valence-electron chi connectivity index (χ4n) is 3.79.